The van der Waals surface area contributed by atoms with Gasteiger partial charge >= 0.3 is 0 Å². The smallest absolute Gasteiger partial charge is 0.195 e. The van der Waals surface area contributed by atoms with Crippen molar-refractivity contribution in [1.29, 1.82) is 0 Å². The molecular weight excluding hydrogens is 285 g/mol. The summed E-state index contributed by atoms with van der Waals surface area (Å²) in [5.41, 5.74) is 2.26. The number of unbranched alkanes of at least 4 members (excludes halogenated alkanes) is 2. The molecule has 0 amide bonds. The topological polar surface area (TPSA) is 0 Å². The van der Waals surface area contributed by atoms with Crippen LogP contribution in [0.4, 0.5) is 13.2 Å². The fourth-order valence-corrected chi connectivity index (χ4v) is 3.57. The maximum Gasteiger partial charge on any atom is 0.195 e. The number of benzene rings is 2. The SMILES string of the molecule is CCCCCC1CCc2cc3cc(F)c(F)c(F)c3cc2C1. The van der Waals surface area contributed by atoms with E-state index in [0.29, 0.717) is 11.3 Å². The number of fused-ring (bicyclic) bond motifs is 2. The molecule has 1 unspecified atom stereocenters. The zero-order valence-corrected chi connectivity index (χ0v) is 12.9. The molecular formula is C19H21F3. The average Bonchev–Trinajstić information content (AvgIpc) is 2.52. The largest absolute Gasteiger partial charge is 0.204 e. The lowest BCUT2D eigenvalue weighted by molar-refractivity contribution is 0.408. The van der Waals surface area contributed by atoms with Crippen molar-refractivity contribution in [1.82, 2.24) is 0 Å². The lowest BCUT2D eigenvalue weighted by Gasteiger charge is -2.25. The molecule has 0 saturated carbocycles. The van der Waals surface area contributed by atoms with Crippen molar-refractivity contribution in [3.8, 4) is 0 Å². The highest BCUT2D eigenvalue weighted by Crippen LogP contribution is 2.33. The van der Waals surface area contributed by atoms with E-state index in [1.807, 2.05) is 6.07 Å². The summed E-state index contributed by atoms with van der Waals surface area (Å²) in [6, 6.07) is 4.66. The van der Waals surface area contributed by atoms with Crippen molar-refractivity contribution in [2.24, 2.45) is 5.92 Å². The van der Waals surface area contributed by atoms with Gasteiger partial charge in [-0.3, -0.25) is 0 Å². The molecule has 0 N–H and O–H groups in total. The number of hydrogen-bond donors (Lipinski definition) is 0. The van der Waals surface area contributed by atoms with E-state index in [0.717, 1.165) is 36.5 Å². The van der Waals surface area contributed by atoms with Crippen molar-refractivity contribution < 1.29 is 13.2 Å². The van der Waals surface area contributed by atoms with E-state index in [2.05, 4.69) is 6.92 Å². The molecule has 1 aliphatic rings. The third-order valence-electron chi connectivity index (χ3n) is 4.84. The Morgan fingerprint density at radius 2 is 1.82 bits per heavy atom. The minimum atomic E-state index is -1.37. The summed E-state index contributed by atoms with van der Waals surface area (Å²) in [5.74, 6) is -2.92. The molecule has 1 atom stereocenters. The van der Waals surface area contributed by atoms with Crippen LogP contribution in [0.5, 0.6) is 0 Å². The van der Waals surface area contributed by atoms with Crippen LogP contribution < -0.4 is 0 Å². The molecule has 0 bridgehead atoms. The Morgan fingerprint density at radius 1 is 1.00 bits per heavy atom. The fraction of sp³-hybridized carbons (Fsp3) is 0.474. The van der Waals surface area contributed by atoms with Gasteiger partial charge in [-0.1, -0.05) is 38.7 Å². The van der Waals surface area contributed by atoms with Gasteiger partial charge in [0, 0.05) is 5.39 Å². The lowest BCUT2D eigenvalue weighted by Crippen LogP contribution is -2.14. The van der Waals surface area contributed by atoms with Crippen LogP contribution in [0.25, 0.3) is 10.8 Å². The van der Waals surface area contributed by atoms with Gasteiger partial charge < -0.3 is 0 Å². The molecule has 0 fully saturated rings. The van der Waals surface area contributed by atoms with Gasteiger partial charge in [-0.2, -0.15) is 0 Å². The third-order valence-corrected chi connectivity index (χ3v) is 4.84. The highest BCUT2D eigenvalue weighted by Gasteiger charge is 2.21. The summed E-state index contributed by atoms with van der Waals surface area (Å²) >= 11 is 0. The highest BCUT2D eigenvalue weighted by atomic mass is 19.2. The first-order chi connectivity index (χ1) is 10.6. The van der Waals surface area contributed by atoms with Gasteiger partial charge in [0.1, 0.15) is 0 Å². The molecule has 0 spiro atoms. The first kappa shape index (κ1) is 15.4. The Morgan fingerprint density at radius 3 is 2.59 bits per heavy atom. The number of aryl methyl sites for hydroxylation is 1. The van der Waals surface area contributed by atoms with Crippen molar-refractivity contribution in [2.75, 3.05) is 0 Å². The monoisotopic (exact) mass is 306 g/mol. The van der Waals surface area contributed by atoms with E-state index in [1.54, 1.807) is 6.07 Å². The average molecular weight is 306 g/mol. The molecule has 3 heteroatoms. The van der Waals surface area contributed by atoms with Crippen LogP contribution >= 0.6 is 0 Å². The second kappa shape index (κ2) is 6.31. The standard InChI is InChI=1S/C19H21F3/c1-2-3-4-5-12-6-7-13-9-15-11-17(20)19(22)18(21)16(15)10-14(13)8-12/h9-12H,2-8H2,1H3. The minimum Gasteiger partial charge on any atom is -0.204 e. The summed E-state index contributed by atoms with van der Waals surface area (Å²) in [6.07, 6.45) is 7.90. The van der Waals surface area contributed by atoms with E-state index >= 15 is 0 Å². The molecule has 0 aliphatic heterocycles. The molecule has 0 radical (unpaired) electrons. The molecule has 0 aromatic heterocycles. The molecule has 1 aliphatic carbocycles. The quantitative estimate of drug-likeness (QED) is 0.484. The second-order valence-corrected chi connectivity index (χ2v) is 6.43. The maximum atomic E-state index is 14.0. The Bertz CT molecular complexity index is 691. The summed E-state index contributed by atoms with van der Waals surface area (Å²) < 4.78 is 40.7. The Hall–Kier alpha value is -1.51. The van der Waals surface area contributed by atoms with Crippen molar-refractivity contribution >= 4 is 10.8 Å². The number of halogens is 3. The van der Waals surface area contributed by atoms with Crippen LogP contribution in [0.1, 0.15) is 50.2 Å². The minimum absolute atomic E-state index is 0.201. The van der Waals surface area contributed by atoms with Gasteiger partial charge in [0.25, 0.3) is 0 Å². The molecule has 0 heterocycles. The first-order valence-electron chi connectivity index (χ1n) is 8.19. The number of hydrogen-bond acceptors (Lipinski definition) is 0. The first-order valence-corrected chi connectivity index (χ1v) is 8.19. The normalized spacial score (nSPS) is 17.7. The molecule has 118 valence electrons. The summed E-state index contributed by atoms with van der Waals surface area (Å²) in [7, 11) is 0. The van der Waals surface area contributed by atoms with Gasteiger partial charge in [0.2, 0.25) is 0 Å². The van der Waals surface area contributed by atoms with E-state index in [4.69, 9.17) is 0 Å². The fourth-order valence-electron chi connectivity index (χ4n) is 3.57. The van der Waals surface area contributed by atoms with Gasteiger partial charge in [-0.05, 0) is 53.8 Å². The molecule has 22 heavy (non-hydrogen) atoms. The molecule has 2 aromatic carbocycles. The summed E-state index contributed by atoms with van der Waals surface area (Å²) in [6.45, 7) is 2.19. The molecule has 3 rings (SSSR count). The van der Waals surface area contributed by atoms with Gasteiger partial charge in [-0.25, -0.2) is 13.2 Å². The van der Waals surface area contributed by atoms with Crippen LogP contribution in [0.2, 0.25) is 0 Å². The second-order valence-electron chi connectivity index (χ2n) is 6.43. The molecule has 0 nitrogen and oxygen atoms in total. The van der Waals surface area contributed by atoms with Crippen LogP contribution in [0.3, 0.4) is 0 Å². The van der Waals surface area contributed by atoms with E-state index in [9.17, 15) is 13.2 Å². The Kier molecular flexibility index (Phi) is 4.42. The predicted molar refractivity (Wildman–Crippen MR) is 83.5 cm³/mol. The molecule has 0 saturated heterocycles. The van der Waals surface area contributed by atoms with Crippen molar-refractivity contribution in [2.45, 2.75) is 51.9 Å². The third kappa shape index (κ3) is 2.86. The van der Waals surface area contributed by atoms with E-state index in [1.165, 1.54) is 25.7 Å². The van der Waals surface area contributed by atoms with Crippen LogP contribution in [-0.4, -0.2) is 0 Å². The van der Waals surface area contributed by atoms with Gasteiger partial charge in [0.05, 0.1) is 0 Å². The zero-order valence-electron chi connectivity index (χ0n) is 12.9. The Balaban J connectivity index is 1.91. The summed E-state index contributed by atoms with van der Waals surface area (Å²) in [4.78, 5) is 0. The lowest BCUT2D eigenvalue weighted by atomic mass is 9.80. The van der Waals surface area contributed by atoms with Crippen LogP contribution in [0, 0.1) is 23.4 Å². The zero-order chi connectivity index (χ0) is 15.7. The Labute approximate surface area is 129 Å². The van der Waals surface area contributed by atoms with Crippen LogP contribution in [-0.2, 0) is 12.8 Å². The highest BCUT2D eigenvalue weighted by molar-refractivity contribution is 5.85. The van der Waals surface area contributed by atoms with E-state index in [-0.39, 0.29) is 5.39 Å². The number of rotatable bonds is 4. The van der Waals surface area contributed by atoms with E-state index < -0.39 is 17.5 Å². The van der Waals surface area contributed by atoms with Gasteiger partial charge in [-0.15, -0.1) is 0 Å². The van der Waals surface area contributed by atoms with Crippen LogP contribution in [0.15, 0.2) is 18.2 Å². The van der Waals surface area contributed by atoms with Crippen molar-refractivity contribution in [3.63, 3.8) is 0 Å². The van der Waals surface area contributed by atoms with Crippen molar-refractivity contribution in [3.05, 3.63) is 46.8 Å². The predicted octanol–water partition coefficient (Wildman–Crippen LogP) is 5.94. The summed E-state index contributed by atoms with van der Waals surface area (Å²) in [5, 5.41) is 0.659. The van der Waals surface area contributed by atoms with Gasteiger partial charge in [0.15, 0.2) is 17.5 Å². The maximum absolute atomic E-state index is 14.0. The molecule has 2 aromatic rings.